The van der Waals surface area contributed by atoms with Crippen molar-refractivity contribution in [3.05, 3.63) is 30.1 Å². The van der Waals surface area contributed by atoms with Crippen molar-refractivity contribution in [2.75, 3.05) is 7.05 Å². The molecule has 1 amide bonds. The van der Waals surface area contributed by atoms with Gasteiger partial charge in [-0.15, -0.1) is 0 Å². The van der Waals surface area contributed by atoms with Crippen LogP contribution in [0, 0.1) is 5.92 Å². The smallest absolute Gasteiger partial charge is 0.242 e. The van der Waals surface area contributed by atoms with Crippen LogP contribution in [0.3, 0.4) is 0 Å². The minimum Gasteiger partial charge on any atom is -0.388 e. The third-order valence-electron chi connectivity index (χ3n) is 4.04. The lowest BCUT2D eigenvalue weighted by molar-refractivity contribution is -0.132. The Labute approximate surface area is 131 Å². The molecule has 0 saturated carbocycles. The van der Waals surface area contributed by atoms with Crippen molar-refractivity contribution in [2.45, 2.75) is 46.4 Å². The number of fused-ring (bicyclic) bond motifs is 1. The lowest BCUT2D eigenvalue weighted by Crippen LogP contribution is -2.38. The van der Waals surface area contributed by atoms with Gasteiger partial charge in [-0.25, -0.2) is 4.98 Å². The average molecular weight is 303 g/mol. The van der Waals surface area contributed by atoms with E-state index in [0.717, 1.165) is 17.5 Å². The quantitative estimate of drug-likeness (QED) is 0.891. The van der Waals surface area contributed by atoms with Crippen molar-refractivity contribution in [3.8, 4) is 0 Å². The van der Waals surface area contributed by atoms with Crippen molar-refractivity contribution < 1.29 is 9.90 Å². The van der Waals surface area contributed by atoms with Crippen molar-refractivity contribution in [3.63, 3.8) is 0 Å². The minimum atomic E-state index is -0.173. The topological polar surface area (TPSA) is 58.4 Å². The highest BCUT2D eigenvalue weighted by Gasteiger charge is 2.19. The van der Waals surface area contributed by atoms with Crippen LogP contribution in [-0.2, 0) is 17.9 Å². The Kier molecular flexibility index (Phi) is 5.19. The molecule has 0 spiro atoms. The number of para-hydroxylation sites is 2. The van der Waals surface area contributed by atoms with Crippen LogP contribution < -0.4 is 0 Å². The van der Waals surface area contributed by atoms with Crippen molar-refractivity contribution in [2.24, 2.45) is 5.92 Å². The van der Waals surface area contributed by atoms with Crippen molar-refractivity contribution in [1.29, 1.82) is 0 Å². The third-order valence-corrected chi connectivity index (χ3v) is 4.04. The molecule has 120 valence electrons. The molecule has 0 radical (unpaired) electrons. The van der Waals surface area contributed by atoms with Crippen LogP contribution in [0.5, 0.6) is 0 Å². The second-order valence-electron chi connectivity index (χ2n) is 6.24. The number of carbonyl (C=O) groups is 1. The van der Waals surface area contributed by atoms with Crippen LogP contribution in [0.4, 0.5) is 0 Å². The fraction of sp³-hybridized carbons (Fsp3) is 0.529. The maximum absolute atomic E-state index is 12.5. The SMILES string of the molecule is CC(C)CC(C)N(C)C(=O)Cn1c(CO)nc2ccccc21. The van der Waals surface area contributed by atoms with E-state index in [2.05, 4.69) is 25.8 Å². The first-order chi connectivity index (χ1) is 10.4. The number of amides is 1. The largest absolute Gasteiger partial charge is 0.388 e. The first-order valence-electron chi connectivity index (χ1n) is 7.74. The zero-order chi connectivity index (χ0) is 16.3. The van der Waals surface area contributed by atoms with Gasteiger partial charge in [-0.05, 0) is 31.4 Å². The predicted molar refractivity (Wildman–Crippen MR) is 87.3 cm³/mol. The summed E-state index contributed by atoms with van der Waals surface area (Å²) in [7, 11) is 1.84. The lowest BCUT2D eigenvalue weighted by Gasteiger charge is -2.26. The highest BCUT2D eigenvalue weighted by atomic mass is 16.3. The first-order valence-corrected chi connectivity index (χ1v) is 7.74. The van der Waals surface area contributed by atoms with E-state index in [4.69, 9.17) is 0 Å². The van der Waals surface area contributed by atoms with E-state index in [1.807, 2.05) is 31.3 Å². The van der Waals surface area contributed by atoms with Gasteiger partial charge in [0.05, 0.1) is 11.0 Å². The number of carbonyl (C=O) groups excluding carboxylic acids is 1. The predicted octanol–water partition coefficient (Wildman–Crippen LogP) is 2.42. The third kappa shape index (κ3) is 3.47. The minimum absolute atomic E-state index is 0.0333. The molecular weight excluding hydrogens is 278 g/mol. The van der Waals surface area contributed by atoms with E-state index in [1.165, 1.54) is 0 Å². The summed E-state index contributed by atoms with van der Waals surface area (Å²) < 4.78 is 1.80. The number of aliphatic hydroxyl groups excluding tert-OH is 1. The number of hydrogen-bond donors (Lipinski definition) is 1. The molecule has 1 N–H and O–H groups in total. The Morgan fingerprint density at radius 3 is 2.64 bits per heavy atom. The number of rotatable bonds is 6. The Morgan fingerprint density at radius 1 is 1.32 bits per heavy atom. The molecule has 2 aromatic rings. The van der Waals surface area contributed by atoms with Gasteiger partial charge in [0.2, 0.25) is 5.91 Å². The van der Waals surface area contributed by atoms with Crippen molar-refractivity contribution >= 4 is 16.9 Å². The van der Waals surface area contributed by atoms with E-state index in [1.54, 1.807) is 9.47 Å². The molecule has 1 aromatic heterocycles. The average Bonchev–Trinajstić information content (AvgIpc) is 2.83. The number of aromatic nitrogens is 2. The van der Waals surface area contributed by atoms with Gasteiger partial charge in [-0.2, -0.15) is 0 Å². The molecule has 22 heavy (non-hydrogen) atoms. The fourth-order valence-electron chi connectivity index (χ4n) is 2.76. The van der Waals surface area contributed by atoms with E-state index < -0.39 is 0 Å². The Bertz CT molecular complexity index is 648. The second-order valence-corrected chi connectivity index (χ2v) is 6.24. The molecule has 0 aliphatic heterocycles. The van der Waals surface area contributed by atoms with Gasteiger partial charge in [0.15, 0.2) is 0 Å². The number of likely N-dealkylation sites (N-methyl/N-ethyl adjacent to an activating group) is 1. The molecule has 0 saturated heterocycles. The standard InChI is InChI=1S/C17H25N3O2/c1-12(2)9-13(3)19(4)17(22)10-20-15-8-6-5-7-14(15)18-16(20)11-21/h5-8,12-13,21H,9-11H2,1-4H3. The summed E-state index contributed by atoms with van der Waals surface area (Å²) in [6.45, 7) is 6.41. The molecule has 1 aromatic carbocycles. The first kappa shape index (κ1) is 16.5. The summed E-state index contributed by atoms with van der Waals surface area (Å²) in [5.41, 5.74) is 1.68. The molecule has 5 heteroatoms. The number of benzene rings is 1. The van der Waals surface area contributed by atoms with Gasteiger partial charge in [-0.3, -0.25) is 4.79 Å². The van der Waals surface area contributed by atoms with Crippen LogP contribution in [0.15, 0.2) is 24.3 Å². The molecule has 0 aliphatic carbocycles. The molecule has 0 fully saturated rings. The Morgan fingerprint density at radius 2 is 2.00 bits per heavy atom. The van der Waals surface area contributed by atoms with E-state index in [-0.39, 0.29) is 25.1 Å². The number of nitrogens with zero attached hydrogens (tertiary/aromatic N) is 3. The normalized spacial score (nSPS) is 12.8. The Hall–Kier alpha value is -1.88. The highest BCUT2D eigenvalue weighted by molar-refractivity contribution is 5.81. The summed E-state index contributed by atoms with van der Waals surface area (Å²) >= 11 is 0. The summed E-state index contributed by atoms with van der Waals surface area (Å²) in [5.74, 6) is 1.11. The van der Waals surface area contributed by atoms with E-state index in [0.29, 0.717) is 11.7 Å². The second kappa shape index (κ2) is 6.92. The highest BCUT2D eigenvalue weighted by Crippen LogP contribution is 2.17. The maximum atomic E-state index is 12.5. The fourth-order valence-corrected chi connectivity index (χ4v) is 2.76. The maximum Gasteiger partial charge on any atom is 0.242 e. The summed E-state index contributed by atoms with van der Waals surface area (Å²) in [5, 5.41) is 9.49. The van der Waals surface area contributed by atoms with E-state index in [9.17, 15) is 9.90 Å². The van der Waals surface area contributed by atoms with Gasteiger partial charge in [0.25, 0.3) is 0 Å². The molecular formula is C17H25N3O2. The van der Waals surface area contributed by atoms with Gasteiger partial charge in [0, 0.05) is 13.1 Å². The lowest BCUT2D eigenvalue weighted by atomic mass is 10.0. The number of aliphatic hydroxyl groups is 1. The summed E-state index contributed by atoms with van der Waals surface area (Å²) in [6.07, 6.45) is 0.972. The molecule has 0 bridgehead atoms. The van der Waals surface area contributed by atoms with Crippen LogP contribution in [0.25, 0.3) is 11.0 Å². The number of imidazole rings is 1. The van der Waals surface area contributed by atoms with Crippen LogP contribution in [0.2, 0.25) is 0 Å². The van der Waals surface area contributed by atoms with Crippen molar-refractivity contribution in [1.82, 2.24) is 14.5 Å². The zero-order valence-electron chi connectivity index (χ0n) is 13.8. The molecule has 1 atom stereocenters. The molecule has 5 nitrogen and oxygen atoms in total. The summed E-state index contributed by atoms with van der Waals surface area (Å²) in [4.78, 5) is 18.7. The van der Waals surface area contributed by atoms with E-state index >= 15 is 0 Å². The van der Waals surface area contributed by atoms with Crippen LogP contribution in [0.1, 0.15) is 33.0 Å². The van der Waals surface area contributed by atoms with Crippen LogP contribution in [-0.4, -0.2) is 38.6 Å². The zero-order valence-corrected chi connectivity index (χ0v) is 13.8. The molecule has 0 aliphatic rings. The van der Waals surface area contributed by atoms with Gasteiger partial charge >= 0.3 is 0 Å². The number of hydrogen-bond acceptors (Lipinski definition) is 3. The molecule has 1 unspecified atom stereocenters. The van der Waals surface area contributed by atoms with Crippen LogP contribution >= 0.6 is 0 Å². The molecule has 2 rings (SSSR count). The van der Waals surface area contributed by atoms with Gasteiger partial charge in [-0.1, -0.05) is 26.0 Å². The van der Waals surface area contributed by atoms with Gasteiger partial charge in [0.1, 0.15) is 19.0 Å². The Balaban J connectivity index is 2.21. The molecule has 1 heterocycles. The van der Waals surface area contributed by atoms with Gasteiger partial charge < -0.3 is 14.6 Å². The summed E-state index contributed by atoms with van der Waals surface area (Å²) in [6, 6.07) is 7.82. The monoisotopic (exact) mass is 303 g/mol.